The van der Waals surface area contributed by atoms with Gasteiger partial charge >= 0.3 is 0 Å². The second-order valence-electron chi connectivity index (χ2n) is 5.53. The number of rotatable bonds is 5. The van der Waals surface area contributed by atoms with Crippen LogP contribution in [0.15, 0.2) is 54.6 Å². The number of anilines is 4. The third-order valence-electron chi connectivity index (χ3n) is 3.49. The first-order chi connectivity index (χ1) is 11.6. The summed E-state index contributed by atoms with van der Waals surface area (Å²) in [7, 11) is 1.65. The molecular formula is C19H20N4O. The molecule has 3 rings (SSSR count). The second-order valence-corrected chi connectivity index (χ2v) is 5.53. The molecule has 0 saturated heterocycles. The van der Waals surface area contributed by atoms with Gasteiger partial charge in [-0.15, -0.1) is 0 Å². The Bertz CT molecular complexity index is 831. The number of benzene rings is 2. The molecule has 0 atom stereocenters. The number of nitrogens with one attached hydrogen (secondary N) is 2. The highest BCUT2D eigenvalue weighted by Crippen LogP contribution is 2.22. The van der Waals surface area contributed by atoms with Crippen molar-refractivity contribution in [3.63, 3.8) is 0 Å². The van der Waals surface area contributed by atoms with Crippen molar-refractivity contribution in [2.45, 2.75) is 13.8 Å². The van der Waals surface area contributed by atoms with Gasteiger partial charge in [-0.3, -0.25) is 0 Å². The Morgan fingerprint density at radius 3 is 2.08 bits per heavy atom. The monoisotopic (exact) mass is 320 g/mol. The van der Waals surface area contributed by atoms with Gasteiger partial charge in [-0.25, -0.2) is 9.97 Å². The number of methoxy groups -OCH3 is 1. The normalized spacial score (nSPS) is 10.3. The van der Waals surface area contributed by atoms with E-state index in [1.54, 1.807) is 7.11 Å². The Labute approximate surface area is 141 Å². The molecule has 0 aliphatic carbocycles. The topological polar surface area (TPSA) is 59.1 Å². The SMILES string of the molecule is COc1ccc(Nc2cc(Nc3cccc(C)c3)nc(C)n2)cc1. The van der Waals surface area contributed by atoms with Gasteiger partial charge in [0, 0.05) is 17.4 Å². The van der Waals surface area contributed by atoms with Crippen LogP contribution < -0.4 is 15.4 Å². The van der Waals surface area contributed by atoms with Crippen LogP contribution in [-0.2, 0) is 0 Å². The van der Waals surface area contributed by atoms with Crippen LogP contribution in [-0.4, -0.2) is 17.1 Å². The lowest BCUT2D eigenvalue weighted by Crippen LogP contribution is -2.01. The number of aromatic nitrogens is 2. The van der Waals surface area contributed by atoms with Gasteiger partial charge in [0.05, 0.1) is 7.11 Å². The molecule has 1 aromatic heterocycles. The molecule has 2 aromatic carbocycles. The first-order valence-corrected chi connectivity index (χ1v) is 7.73. The number of hydrogen-bond acceptors (Lipinski definition) is 5. The van der Waals surface area contributed by atoms with Crippen molar-refractivity contribution in [2.75, 3.05) is 17.7 Å². The highest BCUT2D eigenvalue weighted by molar-refractivity contribution is 5.63. The van der Waals surface area contributed by atoms with Crippen molar-refractivity contribution in [1.82, 2.24) is 9.97 Å². The fourth-order valence-electron chi connectivity index (χ4n) is 2.39. The van der Waals surface area contributed by atoms with E-state index in [0.29, 0.717) is 5.82 Å². The first kappa shape index (κ1) is 15.8. The summed E-state index contributed by atoms with van der Waals surface area (Å²) in [6.07, 6.45) is 0. The Hall–Kier alpha value is -3.08. The fourth-order valence-corrected chi connectivity index (χ4v) is 2.39. The van der Waals surface area contributed by atoms with Crippen LogP contribution in [0, 0.1) is 13.8 Å². The van der Waals surface area contributed by atoms with E-state index < -0.39 is 0 Å². The minimum absolute atomic E-state index is 0.698. The fraction of sp³-hybridized carbons (Fsp3) is 0.158. The molecule has 1 heterocycles. The van der Waals surface area contributed by atoms with Crippen molar-refractivity contribution in [1.29, 1.82) is 0 Å². The smallest absolute Gasteiger partial charge is 0.136 e. The van der Waals surface area contributed by atoms with E-state index in [1.807, 2.05) is 49.4 Å². The van der Waals surface area contributed by atoms with Crippen molar-refractivity contribution >= 4 is 23.0 Å². The van der Waals surface area contributed by atoms with E-state index in [1.165, 1.54) is 5.56 Å². The number of hydrogen-bond donors (Lipinski definition) is 2. The molecule has 3 aromatic rings. The van der Waals surface area contributed by atoms with E-state index in [2.05, 4.69) is 39.7 Å². The van der Waals surface area contributed by atoms with Crippen LogP contribution in [0.5, 0.6) is 5.75 Å². The zero-order valence-corrected chi connectivity index (χ0v) is 14.0. The van der Waals surface area contributed by atoms with Crippen molar-refractivity contribution in [3.05, 3.63) is 66.0 Å². The van der Waals surface area contributed by atoms with Gasteiger partial charge < -0.3 is 15.4 Å². The Kier molecular flexibility index (Phi) is 4.61. The summed E-state index contributed by atoms with van der Waals surface area (Å²) in [4.78, 5) is 8.88. The molecule has 24 heavy (non-hydrogen) atoms. The van der Waals surface area contributed by atoms with Gasteiger partial charge in [-0.2, -0.15) is 0 Å². The number of ether oxygens (including phenoxy) is 1. The maximum absolute atomic E-state index is 5.17. The van der Waals surface area contributed by atoms with Gasteiger partial charge in [0.1, 0.15) is 23.2 Å². The second kappa shape index (κ2) is 7.00. The largest absolute Gasteiger partial charge is 0.497 e. The molecule has 0 aliphatic rings. The van der Waals surface area contributed by atoms with E-state index >= 15 is 0 Å². The summed E-state index contributed by atoms with van der Waals surface area (Å²) in [6, 6.07) is 17.8. The number of aryl methyl sites for hydroxylation is 2. The summed E-state index contributed by atoms with van der Waals surface area (Å²) in [6.45, 7) is 3.94. The van der Waals surface area contributed by atoms with Crippen molar-refractivity contribution in [2.24, 2.45) is 0 Å². The third-order valence-corrected chi connectivity index (χ3v) is 3.49. The lowest BCUT2D eigenvalue weighted by Gasteiger charge is -2.11. The van der Waals surface area contributed by atoms with Crippen LogP contribution >= 0.6 is 0 Å². The van der Waals surface area contributed by atoms with Crippen LogP contribution in [0.4, 0.5) is 23.0 Å². The van der Waals surface area contributed by atoms with Crippen LogP contribution in [0.2, 0.25) is 0 Å². The maximum atomic E-state index is 5.17. The summed E-state index contributed by atoms with van der Waals surface area (Å²) < 4.78 is 5.17. The number of nitrogens with zero attached hydrogens (tertiary/aromatic N) is 2. The Morgan fingerprint density at radius 2 is 1.46 bits per heavy atom. The van der Waals surface area contributed by atoms with E-state index in [-0.39, 0.29) is 0 Å². The molecule has 0 fully saturated rings. The van der Waals surface area contributed by atoms with E-state index in [4.69, 9.17) is 4.74 Å². The lowest BCUT2D eigenvalue weighted by molar-refractivity contribution is 0.415. The molecule has 5 heteroatoms. The minimum Gasteiger partial charge on any atom is -0.497 e. The van der Waals surface area contributed by atoms with Crippen LogP contribution in [0.1, 0.15) is 11.4 Å². The highest BCUT2D eigenvalue weighted by atomic mass is 16.5. The third kappa shape index (κ3) is 4.01. The summed E-state index contributed by atoms with van der Waals surface area (Å²) in [5.41, 5.74) is 3.14. The Balaban J connectivity index is 1.80. The van der Waals surface area contributed by atoms with Gasteiger partial charge in [-0.05, 0) is 55.8 Å². The van der Waals surface area contributed by atoms with Gasteiger partial charge in [0.25, 0.3) is 0 Å². The average molecular weight is 320 g/mol. The molecule has 0 amide bonds. The molecule has 0 aliphatic heterocycles. The maximum Gasteiger partial charge on any atom is 0.136 e. The molecule has 122 valence electrons. The first-order valence-electron chi connectivity index (χ1n) is 7.73. The molecule has 0 saturated carbocycles. The predicted molar refractivity (Wildman–Crippen MR) is 97.5 cm³/mol. The Morgan fingerprint density at radius 1 is 0.792 bits per heavy atom. The van der Waals surface area contributed by atoms with Gasteiger partial charge in [0.2, 0.25) is 0 Å². The minimum atomic E-state index is 0.698. The van der Waals surface area contributed by atoms with Crippen LogP contribution in [0.3, 0.4) is 0 Å². The van der Waals surface area contributed by atoms with Crippen molar-refractivity contribution < 1.29 is 4.74 Å². The predicted octanol–water partition coefficient (Wildman–Crippen LogP) is 4.59. The molecule has 5 nitrogen and oxygen atoms in total. The quantitative estimate of drug-likeness (QED) is 0.720. The van der Waals surface area contributed by atoms with Gasteiger partial charge in [-0.1, -0.05) is 12.1 Å². The molecule has 0 bridgehead atoms. The summed E-state index contributed by atoms with van der Waals surface area (Å²) >= 11 is 0. The molecule has 0 spiro atoms. The summed E-state index contributed by atoms with van der Waals surface area (Å²) in [5.74, 6) is 3.01. The standard InChI is InChI=1S/C19H20N4O/c1-13-5-4-6-16(11-13)23-19-12-18(20-14(2)21-19)22-15-7-9-17(24-3)10-8-15/h4-12H,1-3H3,(H2,20,21,22,23). The van der Waals surface area contributed by atoms with Crippen molar-refractivity contribution in [3.8, 4) is 5.75 Å². The molecule has 0 unspecified atom stereocenters. The van der Waals surface area contributed by atoms with Crippen LogP contribution in [0.25, 0.3) is 0 Å². The molecular weight excluding hydrogens is 300 g/mol. The average Bonchev–Trinajstić information content (AvgIpc) is 2.55. The highest BCUT2D eigenvalue weighted by Gasteiger charge is 2.04. The van der Waals surface area contributed by atoms with E-state index in [0.717, 1.165) is 28.8 Å². The summed E-state index contributed by atoms with van der Waals surface area (Å²) in [5, 5.41) is 6.61. The molecule has 2 N–H and O–H groups in total. The zero-order chi connectivity index (χ0) is 16.9. The van der Waals surface area contributed by atoms with Gasteiger partial charge in [0.15, 0.2) is 0 Å². The zero-order valence-electron chi connectivity index (χ0n) is 14.0. The van der Waals surface area contributed by atoms with E-state index in [9.17, 15) is 0 Å². The molecule has 0 radical (unpaired) electrons. The lowest BCUT2D eigenvalue weighted by atomic mass is 10.2.